The third kappa shape index (κ3) is 4.39. The van der Waals surface area contributed by atoms with Gasteiger partial charge >= 0.3 is 0 Å². The van der Waals surface area contributed by atoms with Gasteiger partial charge in [-0.15, -0.1) is 0 Å². The van der Waals surface area contributed by atoms with Crippen molar-refractivity contribution in [1.29, 1.82) is 0 Å². The summed E-state index contributed by atoms with van der Waals surface area (Å²) in [5.41, 5.74) is 14.9. The number of aliphatic imine (C=N–C) groups is 1. The molecule has 166 valence electrons. The van der Waals surface area contributed by atoms with E-state index < -0.39 is 6.04 Å². The molecule has 0 spiro atoms. The second-order valence-electron chi connectivity index (χ2n) is 7.87. The molecule has 1 atom stereocenters. The van der Waals surface area contributed by atoms with Crippen LogP contribution in [-0.4, -0.2) is 47.6 Å². The molecule has 2 aromatic rings. The normalized spacial score (nSPS) is 14.8. The van der Waals surface area contributed by atoms with Crippen LogP contribution >= 0.6 is 0 Å². The van der Waals surface area contributed by atoms with Crippen molar-refractivity contribution in [3.8, 4) is 0 Å². The molecule has 0 bridgehead atoms. The number of hydrogen-bond acceptors (Lipinski definition) is 6. The molecule has 2 aliphatic rings. The van der Waals surface area contributed by atoms with Gasteiger partial charge in [-0.05, 0) is 49.2 Å². The number of nitrogens with zero attached hydrogens (tertiary/aromatic N) is 2. The highest BCUT2D eigenvalue weighted by Gasteiger charge is 2.36. The van der Waals surface area contributed by atoms with Crippen LogP contribution in [0.15, 0.2) is 47.5 Å². The number of anilines is 1. The first-order valence-electron chi connectivity index (χ1n) is 10.6. The molecule has 0 saturated carbocycles. The summed E-state index contributed by atoms with van der Waals surface area (Å²) >= 11 is 0. The van der Waals surface area contributed by atoms with Crippen molar-refractivity contribution in [2.45, 2.75) is 31.8 Å². The van der Waals surface area contributed by atoms with Crippen LogP contribution in [0.1, 0.15) is 40.7 Å². The van der Waals surface area contributed by atoms with Crippen LogP contribution in [-0.2, 0) is 16.1 Å². The molecule has 2 heterocycles. The monoisotopic (exact) mass is 434 g/mol. The highest BCUT2D eigenvalue weighted by Crippen LogP contribution is 2.35. The number of amidine groups is 1. The van der Waals surface area contributed by atoms with Crippen molar-refractivity contribution >= 4 is 34.9 Å². The van der Waals surface area contributed by atoms with Crippen molar-refractivity contribution in [3.05, 3.63) is 59.2 Å². The fourth-order valence-corrected chi connectivity index (χ4v) is 3.85. The predicted molar refractivity (Wildman–Crippen MR) is 121 cm³/mol. The van der Waals surface area contributed by atoms with Gasteiger partial charge in [-0.25, -0.2) is 4.99 Å². The third-order valence-electron chi connectivity index (χ3n) is 5.55. The average Bonchev–Trinajstić information content (AvgIpc) is 3.07. The smallest absolute Gasteiger partial charge is 0.260 e. The highest BCUT2D eigenvalue weighted by atomic mass is 16.2. The molecule has 0 unspecified atom stereocenters. The van der Waals surface area contributed by atoms with Crippen LogP contribution in [0.2, 0.25) is 0 Å². The number of amides is 3. The van der Waals surface area contributed by atoms with E-state index in [0.717, 1.165) is 29.7 Å². The highest BCUT2D eigenvalue weighted by molar-refractivity contribution is 6.24. The van der Waals surface area contributed by atoms with E-state index in [1.165, 1.54) is 0 Å². The number of fused-ring (bicyclic) bond motifs is 4. The lowest BCUT2D eigenvalue weighted by atomic mass is 10.1. The molecule has 0 aromatic heterocycles. The summed E-state index contributed by atoms with van der Waals surface area (Å²) in [5, 5.41) is 5.32. The second kappa shape index (κ2) is 9.29. The van der Waals surface area contributed by atoms with Crippen LogP contribution in [0.3, 0.4) is 0 Å². The molecule has 6 N–H and O–H groups in total. The molecule has 0 radical (unpaired) electrons. The van der Waals surface area contributed by atoms with Crippen LogP contribution in [0.4, 0.5) is 11.4 Å². The molecule has 4 rings (SSSR count). The minimum Gasteiger partial charge on any atom is -0.346 e. The number of carbonyl (C=O) groups is 3. The summed E-state index contributed by atoms with van der Waals surface area (Å²) in [6.45, 7) is 0.755. The molecular weight excluding hydrogens is 408 g/mol. The lowest BCUT2D eigenvalue weighted by Gasteiger charge is -2.24. The van der Waals surface area contributed by atoms with Gasteiger partial charge in [0.2, 0.25) is 11.8 Å². The first kappa shape index (κ1) is 21.7. The van der Waals surface area contributed by atoms with Crippen molar-refractivity contribution in [2.75, 3.05) is 18.4 Å². The van der Waals surface area contributed by atoms with Crippen LogP contribution < -0.4 is 22.1 Å². The Morgan fingerprint density at radius 3 is 2.69 bits per heavy atom. The van der Waals surface area contributed by atoms with E-state index in [1.54, 1.807) is 23.1 Å². The fourth-order valence-electron chi connectivity index (χ4n) is 3.85. The quantitative estimate of drug-likeness (QED) is 0.462. The molecule has 3 amide bonds. The van der Waals surface area contributed by atoms with Gasteiger partial charge in [-0.2, -0.15) is 0 Å². The Bertz CT molecular complexity index is 1100. The van der Waals surface area contributed by atoms with Gasteiger partial charge in [0, 0.05) is 11.3 Å². The fraction of sp³-hybridized carbons (Fsp3) is 0.304. The zero-order valence-electron chi connectivity index (χ0n) is 17.6. The summed E-state index contributed by atoms with van der Waals surface area (Å²) < 4.78 is 0. The van der Waals surface area contributed by atoms with Crippen LogP contribution in [0.5, 0.6) is 0 Å². The molecule has 0 fully saturated rings. The van der Waals surface area contributed by atoms with Gasteiger partial charge in [0.1, 0.15) is 5.84 Å². The molecule has 0 saturated heterocycles. The summed E-state index contributed by atoms with van der Waals surface area (Å²) in [7, 11) is 0. The first-order valence-corrected chi connectivity index (χ1v) is 10.6. The van der Waals surface area contributed by atoms with Gasteiger partial charge in [0.05, 0.1) is 30.4 Å². The van der Waals surface area contributed by atoms with Gasteiger partial charge in [0.25, 0.3) is 5.91 Å². The SMILES string of the molecule is NCCCC[C@H](N)C(=O)NCC(=O)Nc1ccc2c(c1)CN1C(=O)c3ccccc3C1=N2. The van der Waals surface area contributed by atoms with E-state index in [0.29, 0.717) is 36.6 Å². The van der Waals surface area contributed by atoms with E-state index in [-0.39, 0.29) is 24.3 Å². The van der Waals surface area contributed by atoms with Gasteiger partial charge < -0.3 is 22.1 Å². The zero-order valence-corrected chi connectivity index (χ0v) is 17.6. The Morgan fingerprint density at radius 2 is 1.91 bits per heavy atom. The number of rotatable bonds is 8. The predicted octanol–water partition coefficient (Wildman–Crippen LogP) is 1.25. The zero-order chi connectivity index (χ0) is 22.7. The number of carbonyl (C=O) groups excluding carboxylic acids is 3. The van der Waals surface area contributed by atoms with Gasteiger partial charge in [-0.1, -0.05) is 24.6 Å². The molecule has 2 aromatic carbocycles. The van der Waals surface area contributed by atoms with E-state index in [9.17, 15) is 14.4 Å². The lowest BCUT2D eigenvalue weighted by molar-refractivity contribution is -0.125. The number of benzene rings is 2. The maximum absolute atomic E-state index is 12.7. The molecule has 9 heteroatoms. The van der Waals surface area contributed by atoms with E-state index in [4.69, 9.17) is 11.5 Å². The van der Waals surface area contributed by atoms with Crippen molar-refractivity contribution in [2.24, 2.45) is 16.5 Å². The minimum absolute atomic E-state index is 0.0787. The number of hydrogen-bond donors (Lipinski definition) is 4. The molecule has 2 aliphatic heterocycles. The van der Waals surface area contributed by atoms with Gasteiger partial charge in [0.15, 0.2) is 0 Å². The summed E-state index contributed by atoms with van der Waals surface area (Å²) in [4.78, 5) is 43.3. The van der Waals surface area contributed by atoms with E-state index >= 15 is 0 Å². The standard InChI is InChI=1S/C23H26N6O3/c24-10-4-3-7-18(25)22(31)26-12-20(30)27-15-8-9-19-14(11-15)13-29-21(28-19)16-5-1-2-6-17(16)23(29)32/h1-2,5-6,8-9,11,18H,3-4,7,10,12-13,24-25H2,(H,26,31)(H,27,30)/t18-/m0/s1. The van der Waals surface area contributed by atoms with Crippen molar-refractivity contribution in [3.63, 3.8) is 0 Å². The minimum atomic E-state index is -0.660. The average molecular weight is 435 g/mol. The second-order valence-corrected chi connectivity index (χ2v) is 7.87. The Labute approximate surface area is 185 Å². The molecule has 32 heavy (non-hydrogen) atoms. The Hall–Kier alpha value is -3.56. The number of nitrogens with two attached hydrogens (primary N) is 2. The topological polar surface area (TPSA) is 143 Å². The van der Waals surface area contributed by atoms with Crippen LogP contribution in [0, 0.1) is 0 Å². The first-order chi connectivity index (χ1) is 15.5. The Morgan fingerprint density at radius 1 is 1.12 bits per heavy atom. The third-order valence-corrected chi connectivity index (χ3v) is 5.55. The molecule has 0 aliphatic carbocycles. The number of unbranched alkanes of at least 4 members (excludes halogenated alkanes) is 1. The molecule has 9 nitrogen and oxygen atoms in total. The van der Waals surface area contributed by atoms with E-state index in [1.807, 2.05) is 24.3 Å². The maximum Gasteiger partial charge on any atom is 0.260 e. The van der Waals surface area contributed by atoms with Crippen LogP contribution in [0.25, 0.3) is 0 Å². The largest absolute Gasteiger partial charge is 0.346 e. The summed E-state index contributed by atoms with van der Waals surface area (Å²) in [5.74, 6) is -0.154. The molecular formula is C23H26N6O3. The maximum atomic E-state index is 12.7. The Balaban J connectivity index is 1.37. The summed E-state index contributed by atoms with van der Waals surface area (Å²) in [6, 6.07) is 12.1. The van der Waals surface area contributed by atoms with E-state index in [2.05, 4.69) is 15.6 Å². The lowest BCUT2D eigenvalue weighted by Crippen LogP contribution is -2.43. The summed E-state index contributed by atoms with van der Waals surface area (Å²) in [6.07, 6.45) is 2.10. The van der Waals surface area contributed by atoms with Crippen molar-refractivity contribution in [1.82, 2.24) is 10.2 Å². The Kier molecular flexibility index (Phi) is 6.29. The van der Waals surface area contributed by atoms with Gasteiger partial charge in [-0.3, -0.25) is 19.3 Å². The number of nitrogens with one attached hydrogen (secondary N) is 2. The van der Waals surface area contributed by atoms with Crippen molar-refractivity contribution < 1.29 is 14.4 Å².